The maximum Gasteiger partial charge on any atom is 0.258 e. The number of amides is 1. The fraction of sp³-hybridized carbons (Fsp3) is 0.409. The number of rotatable bonds is 10. The summed E-state index contributed by atoms with van der Waals surface area (Å²) < 4.78 is 7.34. The van der Waals surface area contributed by atoms with Crippen molar-refractivity contribution in [2.75, 3.05) is 18.6 Å². The molecule has 1 amide bonds. The van der Waals surface area contributed by atoms with Gasteiger partial charge in [-0.3, -0.25) is 4.79 Å². The summed E-state index contributed by atoms with van der Waals surface area (Å²) in [5.41, 5.74) is 1.66. The Morgan fingerprint density at radius 2 is 1.56 bits per heavy atom. The van der Waals surface area contributed by atoms with Gasteiger partial charge in [0.05, 0.1) is 14.3 Å². The number of para-hydroxylation sites is 1. The fourth-order valence-corrected chi connectivity index (χ4v) is 5.25. The zero-order valence-electron chi connectivity index (χ0n) is 16.0. The summed E-state index contributed by atoms with van der Waals surface area (Å²) in [6.45, 7) is 2.97. The summed E-state index contributed by atoms with van der Waals surface area (Å²) in [5.74, 6) is 0.878. The van der Waals surface area contributed by atoms with Gasteiger partial charge in [0.25, 0.3) is 5.91 Å². The largest absolute Gasteiger partial charge is 0.495 e. The lowest BCUT2D eigenvalue weighted by atomic mass is 10.1. The Morgan fingerprint density at radius 3 is 2.15 bits per heavy atom. The molecule has 0 radical (unpaired) electrons. The third-order valence-corrected chi connectivity index (χ3v) is 6.10. The van der Waals surface area contributed by atoms with E-state index in [-0.39, 0.29) is 5.91 Å². The number of carbonyl (C=O) groups excluding carboxylic acids is 1. The molecular weight excluding hydrogens is 564 g/mol. The second-order valence-electron chi connectivity index (χ2n) is 6.53. The molecule has 0 spiro atoms. The molecule has 0 aliphatic carbocycles. The van der Waals surface area contributed by atoms with Crippen molar-refractivity contribution in [1.82, 2.24) is 0 Å². The van der Waals surface area contributed by atoms with E-state index in [1.54, 1.807) is 7.11 Å². The van der Waals surface area contributed by atoms with Crippen LogP contribution in [0.25, 0.3) is 0 Å². The number of hydrogen-bond acceptors (Lipinski definition) is 2. The van der Waals surface area contributed by atoms with E-state index in [4.69, 9.17) is 4.74 Å². The van der Waals surface area contributed by atoms with Gasteiger partial charge in [0.1, 0.15) is 5.75 Å². The maximum absolute atomic E-state index is 13.3. The average molecular weight is 591 g/mol. The highest BCUT2D eigenvalue weighted by molar-refractivity contribution is 14.1. The Morgan fingerprint density at radius 1 is 0.963 bits per heavy atom. The molecule has 0 heterocycles. The first-order valence-corrected chi connectivity index (χ1v) is 11.6. The van der Waals surface area contributed by atoms with Crippen LogP contribution in [0, 0.1) is 7.14 Å². The molecule has 3 nitrogen and oxygen atoms in total. The normalized spacial score (nSPS) is 10.7. The number of nitrogens with zero attached hydrogens (tertiary/aromatic N) is 1. The van der Waals surface area contributed by atoms with Gasteiger partial charge in [-0.2, -0.15) is 0 Å². The number of unbranched alkanes of at least 4 members (excludes halogenated alkanes) is 5. The molecular formula is C22H27I2NO2. The van der Waals surface area contributed by atoms with Crippen LogP contribution in [0.4, 0.5) is 5.69 Å². The predicted molar refractivity (Wildman–Crippen MR) is 130 cm³/mol. The maximum atomic E-state index is 13.3. The zero-order valence-corrected chi connectivity index (χ0v) is 20.3. The van der Waals surface area contributed by atoms with Crippen LogP contribution in [0.1, 0.15) is 55.8 Å². The van der Waals surface area contributed by atoms with E-state index in [0.717, 1.165) is 38.0 Å². The molecule has 0 atom stereocenters. The number of ether oxygens (including phenoxy) is 1. The molecule has 0 aromatic heterocycles. The molecule has 0 unspecified atom stereocenters. The average Bonchev–Trinajstić information content (AvgIpc) is 2.67. The number of anilines is 1. The van der Waals surface area contributed by atoms with Crippen LogP contribution in [-0.4, -0.2) is 19.6 Å². The van der Waals surface area contributed by atoms with Crippen LogP contribution in [-0.2, 0) is 0 Å². The van der Waals surface area contributed by atoms with Gasteiger partial charge in [-0.15, -0.1) is 0 Å². The van der Waals surface area contributed by atoms with E-state index in [2.05, 4.69) is 52.1 Å². The molecule has 2 aromatic rings. The Kier molecular flexibility index (Phi) is 9.89. The second kappa shape index (κ2) is 11.9. The minimum absolute atomic E-state index is 0.0493. The first-order chi connectivity index (χ1) is 13.1. The van der Waals surface area contributed by atoms with E-state index < -0.39 is 0 Å². The van der Waals surface area contributed by atoms with E-state index in [9.17, 15) is 4.79 Å². The smallest absolute Gasteiger partial charge is 0.258 e. The lowest BCUT2D eigenvalue weighted by Gasteiger charge is -2.23. The van der Waals surface area contributed by atoms with E-state index in [1.807, 2.05) is 47.4 Å². The summed E-state index contributed by atoms with van der Waals surface area (Å²) in [6, 6.07) is 13.8. The second-order valence-corrected chi connectivity index (χ2v) is 8.86. The quantitative estimate of drug-likeness (QED) is 0.222. The van der Waals surface area contributed by atoms with Gasteiger partial charge in [-0.25, -0.2) is 0 Å². The van der Waals surface area contributed by atoms with Crippen molar-refractivity contribution in [1.29, 1.82) is 0 Å². The molecule has 0 bridgehead atoms. The van der Waals surface area contributed by atoms with Crippen molar-refractivity contribution in [2.45, 2.75) is 45.4 Å². The summed E-state index contributed by atoms with van der Waals surface area (Å²) in [4.78, 5) is 15.2. The van der Waals surface area contributed by atoms with Gasteiger partial charge in [-0.1, -0.05) is 57.2 Å². The number of hydrogen-bond donors (Lipinski definition) is 0. The van der Waals surface area contributed by atoms with Crippen molar-refractivity contribution >= 4 is 56.8 Å². The van der Waals surface area contributed by atoms with Crippen LogP contribution >= 0.6 is 45.2 Å². The molecule has 5 heteroatoms. The van der Waals surface area contributed by atoms with Gasteiger partial charge in [-0.05, 0) is 75.9 Å². The SMILES string of the molecule is CCCCCCCCN(C(=O)c1cc(I)c(OC)c(I)c1)c1ccccc1. The minimum Gasteiger partial charge on any atom is -0.495 e. The third kappa shape index (κ3) is 6.62. The lowest BCUT2D eigenvalue weighted by Crippen LogP contribution is -2.32. The Hall–Kier alpha value is -0.830. The first-order valence-electron chi connectivity index (χ1n) is 9.48. The Balaban J connectivity index is 2.16. The first kappa shape index (κ1) is 22.5. The summed E-state index contributed by atoms with van der Waals surface area (Å²) in [5, 5.41) is 0. The molecule has 0 aliphatic rings. The lowest BCUT2D eigenvalue weighted by molar-refractivity contribution is 0.0986. The van der Waals surface area contributed by atoms with E-state index in [0.29, 0.717) is 5.56 Å². The Labute approximate surface area is 190 Å². The van der Waals surface area contributed by atoms with Crippen molar-refractivity contribution in [2.24, 2.45) is 0 Å². The zero-order chi connectivity index (χ0) is 19.6. The number of benzene rings is 2. The number of halogens is 2. The predicted octanol–water partition coefficient (Wildman–Crippen LogP) is 6.91. The van der Waals surface area contributed by atoms with E-state index >= 15 is 0 Å². The molecule has 146 valence electrons. The van der Waals surface area contributed by atoms with Gasteiger partial charge in [0, 0.05) is 17.8 Å². The molecule has 2 aromatic carbocycles. The summed E-state index contributed by atoms with van der Waals surface area (Å²) >= 11 is 4.46. The monoisotopic (exact) mass is 591 g/mol. The van der Waals surface area contributed by atoms with Crippen molar-refractivity contribution < 1.29 is 9.53 Å². The van der Waals surface area contributed by atoms with Crippen LogP contribution in [0.5, 0.6) is 5.75 Å². The number of carbonyl (C=O) groups is 1. The molecule has 2 rings (SSSR count). The Bertz CT molecular complexity index is 711. The van der Waals surface area contributed by atoms with Crippen LogP contribution in [0.2, 0.25) is 0 Å². The summed E-state index contributed by atoms with van der Waals surface area (Å²) in [6.07, 6.45) is 7.25. The third-order valence-electron chi connectivity index (χ3n) is 4.50. The fourth-order valence-electron chi connectivity index (χ4n) is 3.04. The molecule has 0 aliphatic heterocycles. The van der Waals surface area contributed by atoms with Crippen molar-refractivity contribution in [3.63, 3.8) is 0 Å². The van der Waals surface area contributed by atoms with Crippen LogP contribution in [0.3, 0.4) is 0 Å². The van der Waals surface area contributed by atoms with Crippen molar-refractivity contribution in [3.8, 4) is 5.75 Å². The van der Waals surface area contributed by atoms with E-state index in [1.165, 1.54) is 25.7 Å². The molecule has 27 heavy (non-hydrogen) atoms. The summed E-state index contributed by atoms with van der Waals surface area (Å²) in [7, 11) is 1.66. The highest BCUT2D eigenvalue weighted by Crippen LogP contribution is 2.30. The molecule has 0 N–H and O–H groups in total. The minimum atomic E-state index is 0.0493. The van der Waals surface area contributed by atoms with Crippen LogP contribution in [0.15, 0.2) is 42.5 Å². The van der Waals surface area contributed by atoms with Gasteiger partial charge >= 0.3 is 0 Å². The number of methoxy groups -OCH3 is 1. The molecule has 0 saturated carbocycles. The van der Waals surface area contributed by atoms with Crippen LogP contribution < -0.4 is 9.64 Å². The van der Waals surface area contributed by atoms with Gasteiger partial charge < -0.3 is 9.64 Å². The molecule has 0 fully saturated rings. The highest BCUT2D eigenvalue weighted by Gasteiger charge is 2.20. The topological polar surface area (TPSA) is 29.5 Å². The van der Waals surface area contributed by atoms with Gasteiger partial charge in [0.2, 0.25) is 0 Å². The molecule has 0 saturated heterocycles. The standard InChI is InChI=1S/C22H27I2NO2/c1-3-4-5-6-7-11-14-25(18-12-9-8-10-13-18)22(26)17-15-19(23)21(27-2)20(24)16-17/h8-10,12-13,15-16H,3-7,11,14H2,1-2H3. The highest BCUT2D eigenvalue weighted by atomic mass is 127. The van der Waals surface area contributed by atoms with Crippen molar-refractivity contribution in [3.05, 3.63) is 55.2 Å². The van der Waals surface area contributed by atoms with Gasteiger partial charge in [0.15, 0.2) is 0 Å².